The van der Waals surface area contributed by atoms with Crippen LogP contribution in [0, 0.1) is 0 Å². The summed E-state index contributed by atoms with van der Waals surface area (Å²) in [5.74, 6) is 4.97. The number of benzene rings is 1. The minimum Gasteiger partial charge on any atom is -0.444 e. The predicted octanol–water partition coefficient (Wildman–Crippen LogP) is 2.47. The van der Waals surface area contributed by atoms with Gasteiger partial charge < -0.3 is 9.57 Å². The number of nitrogens with one attached hydrogen (secondary N) is 1. The zero-order valence-corrected chi connectivity index (χ0v) is 11.0. The molecular formula is C13H20N2O3. The molecule has 1 aromatic rings. The zero-order valence-electron chi connectivity index (χ0n) is 11.0. The predicted molar refractivity (Wildman–Crippen MR) is 70.1 cm³/mol. The third kappa shape index (κ3) is 5.65. The molecule has 1 amide bonds. The summed E-state index contributed by atoms with van der Waals surface area (Å²) in [6, 6.07) is 7.47. The molecular weight excluding hydrogens is 232 g/mol. The third-order valence-corrected chi connectivity index (χ3v) is 2.08. The van der Waals surface area contributed by atoms with Gasteiger partial charge in [0.25, 0.3) is 0 Å². The van der Waals surface area contributed by atoms with Gasteiger partial charge in [-0.25, -0.2) is 10.7 Å². The van der Waals surface area contributed by atoms with Crippen LogP contribution in [0.15, 0.2) is 24.3 Å². The fourth-order valence-electron chi connectivity index (χ4n) is 1.40. The lowest BCUT2D eigenvalue weighted by molar-refractivity contribution is 0.0636. The van der Waals surface area contributed by atoms with Gasteiger partial charge in [-0.2, -0.15) is 0 Å². The van der Waals surface area contributed by atoms with E-state index in [1.54, 1.807) is 6.07 Å². The molecule has 0 spiro atoms. The molecule has 100 valence electrons. The highest BCUT2D eigenvalue weighted by Crippen LogP contribution is 2.14. The van der Waals surface area contributed by atoms with Crippen molar-refractivity contribution < 1.29 is 14.4 Å². The topological polar surface area (TPSA) is 73.6 Å². The number of nitrogens with two attached hydrogens (primary N) is 1. The van der Waals surface area contributed by atoms with Crippen molar-refractivity contribution >= 4 is 11.8 Å². The molecule has 0 aliphatic heterocycles. The highest BCUT2D eigenvalue weighted by atomic mass is 16.6. The second kappa shape index (κ2) is 6.37. The first kappa shape index (κ1) is 14.5. The molecule has 0 bridgehead atoms. The van der Waals surface area contributed by atoms with Crippen molar-refractivity contribution in [2.75, 3.05) is 11.9 Å². The van der Waals surface area contributed by atoms with Crippen LogP contribution in [0.25, 0.3) is 0 Å². The fraction of sp³-hybridized carbons (Fsp3) is 0.462. The zero-order chi connectivity index (χ0) is 13.6. The summed E-state index contributed by atoms with van der Waals surface area (Å²) in [6.45, 7) is 5.90. The number of carbonyl (C=O) groups excluding carboxylic acids is 1. The van der Waals surface area contributed by atoms with E-state index in [2.05, 4.69) is 10.2 Å². The number of anilines is 1. The van der Waals surface area contributed by atoms with Gasteiger partial charge in [0.05, 0.1) is 6.61 Å². The van der Waals surface area contributed by atoms with Crippen LogP contribution in [0.3, 0.4) is 0 Å². The highest BCUT2D eigenvalue weighted by Gasteiger charge is 2.16. The lowest BCUT2D eigenvalue weighted by Crippen LogP contribution is -2.27. The summed E-state index contributed by atoms with van der Waals surface area (Å²) in [6.07, 6.45) is 0.232. The van der Waals surface area contributed by atoms with Gasteiger partial charge in [0.15, 0.2) is 0 Å². The number of carbonyl (C=O) groups is 1. The quantitative estimate of drug-likeness (QED) is 0.807. The maximum atomic E-state index is 11.6. The van der Waals surface area contributed by atoms with Gasteiger partial charge in [0.2, 0.25) is 0 Å². The molecule has 0 saturated carbocycles. The van der Waals surface area contributed by atoms with Crippen LogP contribution in [-0.2, 0) is 16.0 Å². The third-order valence-electron chi connectivity index (χ3n) is 2.08. The Labute approximate surface area is 107 Å². The first-order valence-electron chi connectivity index (χ1n) is 5.81. The minimum atomic E-state index is -0.505. The molecule has 0 unspecified atom stereocenters. The van der Waals surface area contributed by atoms with Crippen LogP contribution in [0.2, 0.25) is 0 Å². The van der Waals surface area contributed by atoms with Crippen molar-refractivity contribution in [2.45, 2.75) is 32.8 Å². The number of hydrogen-bond donors (Lipinski definition) is 2. The number of ether oxygens (including phenoxy) is 1. The molecule has 0 radical (unpaired) electrons. The summed E-state index contributed by atoms with van der Waals surface area (Å²) in [5, 5.41) is 2.68. The summed E-state index contributed by atoms with van der Waals surface area (Å²) in [7, 11) is 0. The van der Waals surface area contributed by atoms with Gasteiger partial charge in [0, 0.05) is 5.69 Å². The van der Waals surface area contributed by atoms with Crippen LogP contribution in [0.5, 0.6) is 0 Å². The molecule has 0 fully saturated rings. The largest absolute Gasteiger partial charge is 0.444 e. The summed E-state index contributed by atoms with van der Waals surface area (Å²) in [4.78, 5) is 16.1. The molecule has 1 rings (SSSR count). The SMILES string of the molecule is CC(C)(C)OC(=O)Nc1cccc(CCON)c1. The molecule has 0 aliphatic rings. The van der Waals surface area contributed by atoms with Crippen LogP contribution >= 0.6 is 0 Å². The van der Waals surface area contributed by atoms with Crippen LogP contribution < -0.4 is 11.2 Å². The van der Waals surface area contributed by atoms with Crippen molar-refractivity contribution in [1.29, 1.82) is 0 Å². The van der Waals surface area contributed by atoms with E-state index in [1.165, 1.54) is 0 Å². The van der Waals surface area contributed by atoms with E-state index in [0.29, 0.717) is 18.7 Å². The van der Waals surface area contributed by atoms with Crippen molar-refractivity contribution in [3.8, 4) is 0 Å². The Bertz CT molecular complexity index is 399. The number of rotatable bonds is 4. The van der Waals surface area contributed by atoms with Gasteiger partial charge in [-0.05, 0) is 44.9 Å². The monoisotopic (exact) mass is 252 g/mol. The van der Waals surface area contributed by atoms with E-state index >= 15 is 0 Å². The Morgan fingerprint density at radius 2 is 2.11 bits per heavy atom. The van der Waals surface area contributed by atoms with Crippen molar-refractivity contribution in [2.24, 2.45) is 5.90 Å². The summed E-state index contributed by atoms with van der Waals surface area (Å²) in [5.41, 5.74) is 1.22. The Balaban J connectivity index is 2.59. The summed E-state index contributed by atoms with van der Waals surface area (Å²) >= 11 is 0. The van der Waals surface area contributed by atoms with E-state index in [9.17, 15) is 4.79 Å². The molecule has 3 N–H and O–H groups in total. The Morgan fingerprint density at radius 1 is 1.39 bits per heavy atom. The Hall–Kier alpha value is -1.59. The molecule has 5 heteroatoms. The van der Waals surface area contributed by atoms with E-state index in [0.717, 1.165) is 5.56 Å². The van der Waals surface area contributed by atoms with E-state index in [-0.39, 0.29) is 0 Å². The second-order valence-corrected chi connectivity index (χ2v) is 4.95. The first-order chi connectivity index (χ1) is 8.40. The van der Waals surface area contributed by atoms with Crippen molar-refractivity contribution in [3.05, 3.63) is 29.8 Å². The molecule has 0 aliphatic carbocycles. The number of amides is 1. The number of hydrogen-bond acceptors (Lipinski definition) is 4. The van der Waals surface area contributed by atoms with Gasteiger partial charge >= 0.3 is 6.09 Å². The average Bonchev–Trinajstić information content (AvgIpc) is 2.24. The van der Waals surface area contributed by atoms with E-state index in [1.807, 2.05) is 39.0 Å². The standard InChI is InChI=1S/C13H20N2O3/c1-13(2,3)18-12(16)15-11-6-4-5-10(9-11)7-8-17-14/h4-6,9H,7-8,14H2,1-3H3,(H,15,16). The molecule has 18 heavy (non-hydrogen) atoms. The molecule has 0 atom stereocenters. The summed E-state index contributed by atoms with van der Waals surface area (Å²) < 4.78 is 5.17. The van der Waals surface area contributed by atoms with Crippen molar-refractivity contribution in [3.63, 3.8) is 0 Å². The van der Waals surface area contributed by atoms with Crippen LogP contribution in [0.1, 0.15) is 26.3 Å². The molecule has 1 aromatic carbocycles. The molecule has 0 aromatic heterocycles. The molecule has 0 saturated heterocycles. The van der Waals surface area contributed by atoms with Gasteiger partial charge in [-0.3, -0.25) is 5.32 Å². The second-order valence-electron chi connectivity index (χ2n) is 4.95. The highest BCUT2D eigenvalue weighted by molar-refractivity contribution is 5.84. The van der Waals surface area contributed by atoms with Gasteiger partial charge in [0.1, 0.15) is 5.60 Å². The van der Waals surface area contributed by atoms with Crippen LogP contribution in [-0.4, -0.2) is 18.3 Å². The normalized spacial score (nSPS) is 11.1. The smallest absolute Gasteiger partial charge is 0.412 e. The Morgan fingerprint density at radius 3 is 2.72 bits per heavy atom. The van der Waals surface area contributed by atoms with Crippen LogP contribution in [0.4, 0.5) is 10.5 Å². The Kier molecular flexibility index (Phi) is 5.12. The minimum absolute atomic E-state index is 0.440. The van der Waals surface area contributed by atoms with Gasteiger partial charge in [-0.15, -0.1) is 0 Å². The van der Waals surface area contributed by atoms with E-state index < -0.39 is 11.7 Å². The lowest BCUT2D eigenvalue weighted by Gasteiger charge is -2.19. The maximum absolute atomic E-state index is 11.6. The molecule has 0 heterocycles. The first-order valence-corrected chi connectivity index (χ1v) is 5.81. The maximum Gasteiger partial charge on any atom is 0.412 e. The fourth-order valence-corrected chi connectivity index (χ4v) is 1.40. The van der Waals surface area contributed by atoms with Crippen molar-refractivity contribution in [1.82, 2.24) is 0 Å². The lowest BCUT2D eigenvalue weighted by atomic mass is 10.1. The average molecular weight is 252 g/mol. The molecule has 5 nitrogen and oxygen atoms in total. The van der Waals surface area contributed by atoms with Gasteiger partial charge in [-0.1, -0.05) is 12.1 Å². The van der Waals surface area contributed by atoms with E-state index in [4.69, 9.17) is 10.6 Å².